The van der Waals surface area contributed by atoms with E-state index in [-0.39, 0.29) is 5.91 Å². The van der Waals surface area contributed by atoms with E-state index in [1.54, 1.807) is 13.3 Å². The molecule has 6 heteroatoms. The maximum atomic E-state index is 12.7. The van der Waals surface area contributed by atoms with E-state index in [1.165, 1.54) is 5.69 Å². The summed E-state index contributed by atoms with van der Waals surface area (Å²) >= 11 is 0. The van der Waals surface area contributed by atoms with E-state index in [9.17, 15) is 4.79 Å². The Morgan fingerprint density at radius 1 is 1.28 bits per heavy atom. The predicted molar refractivity (Wildman–Crippen MR) is 95.7 cm³/mol. The molecule has 0 saturated carbocycles. The summed E-state index contributed by atoms with van der Waals surface area (Å²) in [6, 6.07) is 3.74. The van der Waals surface area contributed by atoms with Gasteiger partial charge in [-0.25, -0.2) is 4.98 Å². The van der Waals surface area contributed by atoms with Crippen molar-refractivity contribution in [1.29, 1.82) is 0 Å². The lowest BCUT2D eigenvalue weighted by atomic mass is 10.1. The van der Waals surface area contributed by atoms with Crippen LogP contribution < -0.4 is 0 Å². The second-order valence-electron chi connectivity index (χ2n) is 6.68. The molecule has 6 nitrogen and oxygen atoms in total. The molecule has 1 aliphatic rings. The van der Waals surface area contributed by atoms with Gasteiger partial charge in [-0.15, -0.1) is 0 Å². The second-order valence-corrected chi connectivity index (χ2v) is 6.68. The SMILES string of the molecule is COCCCn1c(C)cnc1C1CCN(C(=O)c2ccc(C)nc2)C1. The van der Waals surface area contributed by atoms with Crippen LogP contribution >= 0.6 is 0 Å². The molecule has 1 saturated heterocycles. The van der Waals surface area contributed by atoms with Crippen molar-refractivity contribution in [3.05, 3.63) is 47.3 Å². The largest absolute Gasteiger partial charge is 0.385 e. The van der Waals surface area contributed by atoms with Crippen LogP contribution in [0.4, 0.5) is 0 Å². The summed E-state index contributed by atoms with van der Waals surface area (Å²) < 4.78 is 7.43. The molecular weight excluding hydrogens is 316 g/mol. The summed E-state index contributed by atoms with van der Waals surface area (Å²) in [5, 5.41) is 0. The van der Waals surface area contributed by atoms with E-state index in [0.29, 0.717) is 18.0 Å². The first-order chi connectivity index (χ1) is 12.1. The molecule has 3 heterocycles. The second kappa shape index (κ2) is 7.78. The molecule has 0 bridgehead atoms. The van der Waals surface area contributed by atoms with Gasteiger partial charge < -0.3 is 14.2 Å². The fourth-order valence-corrected chi connectivity index (χ4v) is 3.40. The van der Waals surface area contributed by atoms with E-state index < -0.39 is 0 Å². The summed E-state index contributed by atoms with van der Waals surface area (Å²) in [7, 11) is 1.72. The van der Waals surface area contributed by atoms with Crippen LogP contribution in [0.5, 0.6) is 0 Å². The first-order valence-electron chi connectivity index (χ1n) is 8.83. The molecule has 2 aromatic rings. The highest BCUT2D eigenvalue weighted by molar-refractivity contribution is 5.94. The van der Waals surface area contributed by atoms with Crippen LogP contribution in [0.15, 0.2) is 24.5 Å². The first kappa shape index (κ1) is 17.6. The van der Waals surface area contributed by atoms with Crippen molar-refractivity contribution in [2.75, 3.05) is 26.8 Å². The number of nitrogens with zero attached hydrogens (tertiary/aromatic N) is 4. The lowest BCUT2D eigenvalue weighted by Gasteiger charge is -2.17. The fourth-order valence-electron chi connectivity index (χ4n) is 3.40. The normalized spacial score (nSPS) is 17.2. The number of hydrogen-bond donors (Lipinski definition) is 0. The Morgan fingerprint density at radius 3 is 2.84 bits per heavy atom. The highest BCUT2D eigenvalue weighted by Gasteiger charge is 2.31. The minimum absolute atomic E-state index is 0.0595. The van der Waals surface area contributed by atoms with Crippen LogP contribution in [0, 0.1) is 13.8 Å². The van der Waals surface area contributed by atoms with Crippen molar-refractivity contribution in [3.8, 4) is 0 Å². The molecule has 0 aliphatic carbocycles. The van der Waals surface area contributed by atoms with Crippen molar-refractivity contribution in [2.24, 2.45) is 0 Å². The zero-order valence-electron chi connectivity index (χ0n) is 15.2. The van der Waals surface area contributed by atoms with Crippen LogP contribution in [-0.4, -0.2) is 52.1 Å². The Kier molecular flexibility index (Phi) is 5.48. The molecule has 0 radical (unpaired) electrons. The van der Waals surface area contributed by atoms with Crippen molar-refractivity contribution < 1.29 is 9.53 Å². The highest BCUT2D eigenvalue weighted by Crippen LogP contribution is 2.28. The number of amides is 1. The molecule has 2 aromatic heterocycles. The van der Waals surface area contributed by atoms with E-state index in [2.05, 4.69) is 21.5 Å². The minimum Gasteiger partial charge on any atom is -0.385 e. The molecule has 1 fully saturated rings. The first-order valence-corrected chi connectivity index (χ1v) is 8.83. The van der Waals surface area contributed by atoms with Gasteiger partial charge in [0.2, 0.25) is 0 Å². The smallest absolute Gasteiger partial charge is 0.255 e. The van der Waals surface area contributed by atoms with Gasteiger partial charge in [-0.2, -0.15) is 0 Å². The number of ether oxygens (including phenoxy) is 1. The number of imidazole rings is 1. The Labute approximate surface area is 148 Å². The van der Waals surface area contributed by atoms with Gasteiger partial charge in [0.25, 0.3) is 5.91 Å². The minimum atomic E-state index is 0.0595. The average Bonchev–Trinajstić information content (AvgIpc) is 3.23. The Hall–Kier alpha value is -2.21. The van der Waals surface area contributed by atoms with Crippen molar-refractivity contribution in [1.82, 2.24) is 19.4 Å². The molecule has 3 rings (SSSR count). The van der Waals surface area contributed by atoms with Gasteiger partial charge in [0.1, 0.15) is 5.82 Å². The Morgan fingerprint density at radius 2 is 2.12 bits per heavy atom. The van der Waals surface area contributed by atoms with Gasteiger partial charge in [-0.05, 0) is 38.8 Å². The summed E-state index contributed by atoms with van der Waals surface area (Å²) in [6.45, 7) is 7.13. The molecule has 134 valence electrons. The lowest BCUT2D eigenvalue weighted by Crippen LogP contribution is -2.29. The zero-order valence-corrected chi connectivity index (χ0v) is 15.2. The number of hydrogen-bond acceptors (Lipinski definition) is 4. The Balaban J connectivity index is 1.68. The number of pyridine rings is 1. The molecule has 0 spiro atoms. The van der Waals surface area contributed by atoms with Crippen molar-refractivity contribution in [3.63, 3.8) is 0 Å². The third-order valence-electron chi connectivity index (χ3n) is 4.82. The number of methoxy groups -OCH3 is 1. The highest BCUT2D eigenvalue weighted by atomic mass is 16.5. The summed E-state index contributed by atoms with van der Waals surface area (Å²) in [5.74, 6) is 1.44. The van der Waals surface area contributed by atoms with Gasteiger partial charge in [0, 0.05) is 63.1 Å². The van der Waals surface area contributed by atoms with E-state index >= 15 is 0 Å². The van der Waals surface area contributed by atoms with Gasteiger partial charge in [0.15, 0.2) is 0 Å². The Bertz CT molecular complexity index is 724. The number of carbonyl (C=O) groups excluding carboxylic acids is 1. The molecule has 0 aromatic carbocycles. The topological polar surface area (TPSA) is 60.2 Å². The number of likely N-dealkylation sites (tertiary alicyclic amines) is 1. The number of aryl methyl sites for hydroxylation is 2. The predicted octanol–water partition coefficient (Wildman–Crippen LogP) is 2.56. The van der Waals surface area contributed by atoms with Gasteiger partial charge in [-0.1, -0.05) is 0 Å². The third kappa shape index (κ3) is 3.90. The maximum absolute atomic E-state index is 12.7. The molecule has 1 amide bonds. The van der Waals surface area contributed by atoms with Crippen LogP contribution in [0.3, 0.4) is 0 Å². The van der Waals surface area contributed by atoms with E-state index in [4.69, 9.17) is 4.74 Å². The summed E-state index contributed by atoms with van der Waals surface area (Å²) in [5.41, 5.74) is 2.74. The third-order valence-corrected chi connectivity index (χ3v) is 4.82. The average molecular weight is 342 g/mol. The van der Waals surface area contributed by atoms with Crippen molar-refractivity contribution in [2.45, 2.75) is 39.2 Å². The van der Waals surface area contributed by atoms with Crippen LogP contribution in [0.25, 0.3) is 0 Å². The quantitative estimate of drug-likeness (QED) is 0.757. The molecule has 25 heavy (non-hydrogen) atoms. The zero-order chi connectivity index (χ0) is 17.8. The van der Waals surface area contributed by atoms with E-state index in [1.807, 2.05) is 30.2 Å². The summed E-state index contributed by atoms with van der Waals surface area (Å²) in [4.78, 5) is 23.5. The monoisotopic (exact) mass is 342 g/mol. The van der Waals surface area contributed by atoms with Gasteiger partial charge in [-0.3, -0.25) is 9.78 Å². The van der Waals surface area contributed by atoms with Crippen molar-refractivity contribution >= 4 is 5.91 Å². The number of carbonyl (C=O) groups is 1. The van der Waals surface area contributed by atoms with Crippen LogP contribution in [0.1, 0.15) is 46.3 Å². The van der Waals surface area contributed by atoms with Crippen LogP contribution in [-0.2, 0) is 11.3 Å². The molecular formula is C19H26N4O2. The summed E-state index contributed by atoms with van der Waals surface area (Å²) in [6.07, 6.45) is 5.51. The molecule has 0 N–H and O–H groups in total. The van der Waals surface area contributed by atoms with Gasteiger partial charge in [0.05, 0.1) is 5.56 Å². The molecule has 1 unspecified atom stereocenters. The standard InChI is InChI=1S/C19H26N4O2/c1-14-5-6-16(12-20-14)19(24)22-9-7-17(13-22)18-21-11-15(2)23(18)8-4-10-25-3/h5-6,11-12,17H,4,7-10,13H2,1-3H3. The fraction of sp³-hybridized carbons (Fsp3) is 0.526. The number of rotatable bonds is 6. The molecule has 1 aliphatic heterocycles. The lowest BCUT2D eigenvalue weighted by molar-refractivity contribution is 0.0790. The van der Waals surface area contributed by atoms with E-state index in [0.717, 1.165) is 44.1 Å². The molecule has 1 atom stereocenters. The maximum Gasteiger partial charge on any atom is 0.255 e. The van der Waals surface area contributed by atoms with Gasteiger partial charge >= 0.3 is 0 Å². The van der Waals surface area contributed by atoms with Crippen LogP contribution in [0.2, 0.25) is 0 Å². The number of aromatic nitrogens is 3.